The number of nitrogens with two attached hydrogens (primary N) is 1. The average molecular weight is 340 g/mol. The SMILES string of the molecule is Cc1ccccc1CC(NN)c1ccc(Cl)c(Br)c1. The minimum Gasteiger partial charge on any atom is -0.271 e. The van der Waals surface area contributed by atoms with Crippen molar-refractivity contribution in [2.24, 2.45) is 5.84 Å². The van der Waals surface area contributed by atoms with E-state index in [0.29, 0.717) is 5.02 Å². The van der Waals surface area contributed by atoms with Gasteiger partial charge in [-0.1, -0.05) is 41.9 Å². The molecule has 0 aliphatic carbocycles. The van der Waals surface area contributed by atoms with Crippen molar-refractivity contribution < 1.29 is 0 Å². The van der Waals surface area contributed by atoms with E-state index in [9.17, 15) is 0 Å². The van der Waals surface area contributed by atoms with Gasteiger partial charge in [0.05, 0.1) is 11.1 Å². The van der Waals surface area contributed by atoms with E-state index < -0.39 is 0 Å². The molecule has 0 radical (unpaired) electrons. The Morgan fingerprint density at radius 2 is 2.00 bits per heavy atom. The molecule has 0 heterocycles. The van der Waals surface area contributed by atoms with Crippen LogP contribution in [0.3, 0.4) is 0 Å². The van der Waals surface area contributed by atoms with Gasteiger partial charge in [0.15, 0.2) is 0 Å². The van der Waals surface area contributed by atoms with E-state index in [2.05, 4.69) is 40.4 Å². The highest BCUT2D eigenvalue weighted by atomic mass is 79.9. The van der Waals surface area contributed by atoms with Gasteiger partial charge in [0.25, 0.3) is 0 Å². The number of aryl methyl sites for hydroxylation is 1. The fraction of sp³-hybridized carbons (Fsp3) is 0.200. The van der Waals surface area contributed by atoms with E-state index in [1.807, 2.05) is 30.3 Å². The quantitative estimate of drug-likeness (QED) is 0.648. The van der Waals surface area contributed by atoms with E-state index in [4.69, 9.17) is 17.4 Å². The molecule has 0 saturated heterocycles. The lowest BCUT2D eigenvalue weighted by Gasteiger charge is -2.18. The molecule has 0 spiro atoms. The van der Waals surface area contributed by atoms with Crippen molar-refractivity contribution in [1.29, 1.82) is 0 Å². The zero-order valence-corrected chi connectivity index (χ0v) is 13.0. The summed E-state index contributed by atoms with van der Waals surface area (Å²) >= 11 is 9.46. The highest BCUT2D eigenvalue weighted by Gasteiger charge is 2.13. The Kier molecular flexibility index (Phi) is 4.99. The molecule has 2 rings (SSSR count). The number of benzene rings is 2. The van der Waals surface area contributed by atoms with Crippen molar-refractivity contribution in [1.82, 2.24) is 5.43 Å². The molecule has 0 fully saturated rings. The third-order valence-electron chi connectivity index (χ3n) is 3.23. The van der Waals surface area contributed by atoms with Crippen molar-refractivity contribution >= 4 is 27.5 Å². The van der Waals surface area contributed by atoms with Gasteiger partial charge in [-0.3, -0.25) is 11.3 Å². The second kappa shape index (κ2) is 6.53. The Labute approximate surface area is 127 Å². The summed E-state index contributed by atoms with van der Waals surface area (Å²) in [5.74, 6) is 5.69. The van der Waals surface area contributed by atoms with Gasteiger partial charge < -0.3 is 0 Å². The van der Waals surface area contributed by atoms with Crippen LogP contribution in [0.25, 0.3) is 0 Å². The molecule has 2 nitrogen and oxygen atoms in total. The Balaban J connectivity index is 2.25. The smallest absolute Gasteiger partial charge is 0.0548 e. The van der Waals surface area contributed by atoms with Gasteiger partial charge in [-0.15, -0.1) is 0 Å². The molecular formula is C15H16BrClN2. The molecule has 1 atom stereocenters. The normalized spacial score (nSPS) is 12.4. The Morgan fingerprint density at radius 3 is 2.63 bits per heavy atom. The third kappa shape index (κ3) is 3.57. The first-order chi connectivity index (χ1) is 9.11. The van der Waals surface area contributed by atoms with Crippen molar-refractivity contribution in [3.8, 4) is 0 Å². The van der Waals surface area contributed by atoms with Crippen LogP contribution in [0.15, 0.2) is 46.9 Å². The van der Waals surface area contributed by atoms with Gasteiger partial charge in [-0.25, -0.2) is 0 Å². The lowest BCUT2D eigenvalue weighted by molar-refractivity contribution is 0.550. The fourth-order valence-corrected chi connectivity index (χ4v) is 2.58. The second-order valence-corrected chi connectivity index (χ2v) is 5.78. The van der Waals surface area contributed by atoms with E-state index in [-0.39, 0.29) is 6.04 Å². The fourth-order valence-electron chi connectivity index (χ4n) is 2.06. The molecule has 0 saturated carbocycles. The van der Waals surface area contributed by atoms with Gasteiger partial charge >= 0.3 is 0 Å². The lowest BCUT2D eigenvalue weighted by atomic mass is 9.97. The summed E-state index contributed by atoms with van der Waals surface area (Å²) in [6.07, 6.45) is 0.844. The molecule has 2 aromatic carbocycles. The Bertz CT molecular complexity index is 572. The van der Waals surface area contributed by atoms with Gasteiger partial charge in [0, 0.05) is 4.47 Å². The molecule has 2 aromatic rings. The van der Waals surface area contributed by atoms with Gasteiger partial charge in [-0.2, -0.15) is 0 Å². The van der Waals surface area contributed by atoms with Crippen molar-refractivity contribution in [3.05, 3.63) is 68.7 Å². The zero-order valence-electron chi connectivity index (χ0n) is 10.7. The monoisotopic (exact) mass is 338 g/mol. The maximum absolute atomic E-state index is 6.02. The number of halogens is 2. The molecule has 0 bridgehead atoms. The van der Waals surface area contributed by atoms with Crippen LogP contribution in [0, 0.1) is 6.92 Å². The van der Waals surface area contributed by atoms with Gasteiger partial charge in [0.1, 0.15) is 0 Å². The summed E-state index contributed by atoms with van der Waals surface area (Å²) in [5.41, 5.74) is 6.55. The van der Waals surface area contributed by atoms with Gasteiger partial charge in [0.2, 0.25) is 0 Å². The number of rotatable bonds is 4. The topological polar surface area (TPSA) is 38.0 Å². The van der Waals surface area contributed by atoms with Crippen LogP contribution in [0.2, 0.25) is 5.02 Å². The molecule has 0 aliphatic rings. The number of hydrogen-bond donors (Lipinski definition) is 2. The zero-order chi connectivity index (χ0) is 13.8. The molecule has 0 aliphatic heterocycles. The van der Waals surface area contributed by atoms with E-state index >= 15 is 0 Å². The molecule has 0 amide bonds. The first kappa shape index (κ1) is 14.5. The summed E-state index contributed by atoms with van der Waals surface area (Å²) in [6, 6.07) is 14.3. The van der Waals surface area contributed by atoms with Crippen molar-refractivity contribution in [2.75, 3.05) is 0 Å². The average Bonchev–Trinajstić information content (AvgIpc) is 2.41. The van der Waals surface area contributed by atoms with Crippen LogP contribution in [0.5, 0.6) is 0 Å². The Morgan fingerprint density at radius 1 is 1.26 bits per heavy atom. The van der Waals surface area contributed by atoms with Crippen LogP contribution in [0.1, 0.15) is 22.7 Å². The van der Waals surface area contributed by atoms with E-state index in [1.165, 1.54) is 11.1 Å². The van der Waals surface area contributed by atoms with Crippen molar-refractivity contribution in [2.45, 2.75) is 19.4 Å². The minimum absolute atomic E-state index is 0.0645. The molecule has 1 unspecified atom stereocenters. The highest BCUT2D eigenvalue weighted by Crippen LogP contribution is 2.27. The standard InChI is InChI=1S/C15H16BrClN2/c1-10-4-2-3-5-11(10)9-15(19-18)12-6-7-14(17)13(16)8-12/h2-8,15,19H,9,18H2,1H3. The number of hydrogen-bond acceptors (Lipinski definition) is 2. The predicted molar refractivity (Wildman–Crippen MR) is 84.1 cm³/mol. The van der Waals surface area contributed by atoms with E-state index in [0.717, 1.165) is 16.5 Å². The summed E-state index contributed by atoms with van der Waals surface area (Å²) < 4.78 is 0.886. The van der Waals surface area contributed by atoms with Crippen molar-refractivity contribution in [3.63, 3.8) is 0 Å². The summed E-state index contributed by atoms with van der Waals surface area (Å²) in [4.78, 5) is 0. The largest absolute Gasteiger partial charge is 0.271 e. The first-order valence-corrected chi connectivity index (χ1v) is 7.24. The second-order valence-electron chi connectivity index (χ2n) is 4.52. The van der Waals surface area contributed by atoms with Crippen LogP contribution in [-0.4, -0.2) is 0 Å². The number of nitrogens with one attached hydrogen (secondary N) is 1. The van der Waals surface area contributed by atoms with Crippen LogP contribution < -0.4 is 11.3 Å². The molecule has 0 aromatic heterocycles. The van der Waals surface area contributed by atoms with Gasteiger partial charge in [-0.05, 0) is 58.1 Å². The number of hydrazine groups is 1. The maximum atomic E-state index is 6.02. The lowest BCUT2D eigenvalue weighted by Crippen LogP contribution is -2.29. The molecular weight excluding hydrogens is 324 g/mol. The summed E-state index contributed by atoms with van der Waals surface area (Å²) in [6.45, 7) is 2.11. The van der Waals surface area contributed by atoms with E-state index in [1.54, 1.807) is 0 Å². The molecule has 4 heteroatoms. The summed E-state index contributed by atoms with van der Waals surface area (Å²) in [7, 11) is 0. The minimum atomic E-state index is 0.0645. The summed E-state index contributed by atoms with van der Waals surface area (Å²) in [5, 5.41) is 0.704. The maximum Gasteiger partial charge on any atom is 0.0548 e. The first-order valence-electron chi connectivity index (χ1n) is 6.07. The van der Waals surface area contributed by atoms with Crippen LogP contribution in [0.4, 0.5) is 0 Å². The molecule has 3 N–H and O–H groups in total. The molecule has 100 valence electrons. The Hall–Kier alpha value is -0.870. The predicted octanol–water partition coefficient (Wildman–Crippen LogP) is 4.16. The van der Waals surface area contributed by atoms with Crippen LogP contribution >= 0.6 is 27.5 Å². The molecule has 19 heavy (non-hydrogen) atoms. The highest BCUT2D eigenvalue weighted by molar-refractivity contribution is 9.10. The third-order valence-corrected chi connectivity index (χ3v) is 4.45. The van der Waals surface area contributed by atoms with Crippen LogP contribution in [-0.2, 0) is 6.42 Å².